The Morgan fingerprint density at radius 3 is 2.65 bits per heavy atom. The molecule has 0 amide bonds. The van der Waals surface area contributed by atoms with Crippen molar-refractivity contribution in [3.63, 3.8) is 0 Å². The lowest BCUT2D eigenvalue weighted by molar-refractivity contribution is 0.221. The van der Waals surface area contributed by atoms with Gasteiger partial charge in [0.05, 0.1) is 5.39 Å². The van der Waals surface area contributed by atoms with Crippen molar-refractivity contribution in [2.45, 2.75) is 63.5 Å². The van der Waals surface area contributed by atoms with E-state index in [0.29, 0.717) is 12.0 Å². The first-order chi connectivity index (χ1) is 11.1. The Morgan fingerprint density at radius 2 is 1.91 bits per heavy atom. The van der Waals surface area contributed by atoms with Crippen LogP contribution < -0.4 is 5.32 Å². The maximum absolute atomic E-state index is 4.61. The number of rotatable bonds is 3. The third-order valence-electron chi connectivity index (χ3n) is 5.67. The van der Waals surface area contributed by atoms with E-state index in [-0.39, 0.29) is 0 Å². The Hall–Kier alpha value is -1.20. The van der Waals surface area contributed by atoms with Gasteiger partial charge in [0.25, 0.3) is 0 Å². The van der Waals surface area contributed by atoms with Gasteiger partial charge >= 0.3 is 0 Å². The van der Waals surface area contributed by atoms with E-state index in [9.17, 15) is 0 Å². The molecule has 0 aromatic carbocycles. The standard InChI is InChI=1S/C18H26N4S/c1-11-4-9-14-15(11)16-17(19-10-20-18(16)23-14)21-12-5-7-13(8-6-12)22(2)3/h10-13H,4-9H2,1-3H3,(H,19,20,21)/t11-,12?,13?/m0/s1. The van der Waals surface area contributed by atoms with Gasteiger partial charge in [-0.1, -0.05) is 6.92 Å². The van der Waals surface area contributed by atoms with E-state index in [0.717, 1.165) is 11.9 Å². The van der Waals surface area contributed by atoms with E-state index in [4.69, 9.17) is 0 Å². The predicted octanol–water partition coefficient (Wildman–Crippen LogP) is 4.03. The van der Waals surface area contributed by atoms with Crippen LogP contribution in [0.1, 0.15) is 55.4 Å². The number of aromatic nitrogens is 2. The molecule has 0 unspecified atom stereocenters. The molecule has 0 radical (unpaired) electrons. The summed E-state index contributed by atoms with van der Waals surface area (Å²) in [5, 5.41) is 5.07. The summed E-state index contributed by atoms with van der Waals surface area (Å²) in [6.07, 6.45) is 9.23. The molecule has 2 heterocycles. The Bertz CT molecular complexity index is 700. The van der Waals surface area contributed by atoms with Gasteiger partial charge in [-0.15, -0.1) is 11.3 Å². The average molecular weight is 331 g/mol. The first-order valence-corrected chi connectivity index (χ1v) is 9.64. The summed E-state index contributed by atoms with van der Waals surface area (Å²) in [6.45, 7) is 2.34. The molecule has 2 aliphatic rings. The fourth-order valence-electron chi connectivity index (χ4n) is 4.24. The Morgan fingerprint density at radius 1 is 1.13 bits per heavy atom. The summed E-state index contributed by atoms with van der Waals surface area (Å²) < 4.78 is 0. The molecule has 0 spiro atoms. The van der Waals surface area contributed by atoms with Crippen LogP contribution in [0.4, 0.5) is 5.82 Å². The minimum atomic E-state index is 0.552. The molecule has 0 bridgehead atoms. The molecule has 23 heavy (non-hydrogen) atoms. The van der Waals surface area contributed by atoms with Gasteiger partial charge in [0.2, 0.25) is 0 Å². The topological polar surface area (TPSA) is 41.1 Å². The molecule has 2 aromatic heterocycles. The monoisotopic (exact) mass is 330 g/mol. The highest BCUT2D eigenvalue weighted by atomic mass is 32.1. The van der Waals surface area contributed by atoms with Gasteiger partial charge in [-0.05, 0) is 64.1 Å². The zero-order chi connectivity index (χ0) is 16.0. The lowest BCUT2D eigenvalue weighted by Gasteiger charge is -2.33. The summed E-state index contributed by atoms with van der Waals surface area (Å²) in [5.74, 6) is 1.73. The van der Waals surface area contributed by atoms with E-state index >= 15 is 0 Å². The minimum absolute atomic E-state index is 0.552. The van der Waals surface area contributed by atoms with Gasteiger partial charge in [0.1, 0.15) is 17.0 Å². The van der Waals surface area contributed by atoms with Crippen LogP contribution in [0, 0.1) is 0 Å². The van der Waals surface area contributed by atoms with Crippen LogP contribution in [0.25, 0.3) is 10.2 Å². The number of hydrogen-bond acceptors (Lipinski definition) is 5. The van der Waals surface area contributed by atoms with E-state index in [1.54, 1.807) is 6.33 Å². The molecule has 5 heteroatoms. The molecule has 1 saturated carbocycles. The average Bonchev–Trinajstić information content (AvgIpc) is 3.08. The first kappa shape index (κ1) is 15.3. The van der Waals surface area contributed by atoms with Crippen molar-refractivity contribution in [1.29, 1.82) is 0 Å². The zero-order valence-corrected chi connectivity index (χ0v) is 15.1. The van der Waals surface area contributed by atoms with Crippen molar-refractivity contribution in [3.05, 3.63) is 16.8 Å². The van der Waals surface area contributed by atoms with E-state index in [2.05, 4.69) is 41.2 Å². The highest BCUT2D eigenvalue weighted by Gasteiger charge is 2.28. The molecule has 4 rings (SSSR count). The first-order valence-electron chi connectivity index (χ1n) is 8.82. The van der Waals surface area contributed by atoms with E-state index in [1.165, 1.54) is 59.2 Å². The van der Waals surface area contributed by atoms with Crippen LogP contribution in [0.3, 0.4) is 0 Å². The third kappa shape index (κ3) is 2.74. The summed E-state index contributed by atoms with van der Waals surface area (Å²) in [5.41, 5.74) is 1.52. The molecule has 0 saturated heterocycles. The normalized spacial score (nSPS) is 27.6. The highest BCUT2D eigenvalue weighted by Crippen LogP contribution is 2.45. The summed E-state index contributed by atoms with van der Waals surface area (Å²) in [4.78, 5) is 14.2. The lowest BCUT2D eigenvalue weighted by atomic mass is 9.90. The van der Waals surface area contributed by atoms with Crippen LogP contribution in [-0.4, -0.2) is 41.0 Å². The van der Waals surface area contributed by atoms with Crippen LogP contribution in [0.15, 0.2) is 6.33 Å². The second kappa shape index (κ2) is 6.02. The van der Waals surface area contributed by atoms with Crippen LogP contribution in [0.2, 0.25) is 0 Å². The quantitative estimate of drug-likeness (QED) is 0.922. The fourth-order valence-corrected chi connectivity index (χ4v) is 5.51. The summed E-state index contributed by atoms with van der Waals surface area (Å²) >= 11 is 1.87. The Balaban J connectivity index is 1.58. The molecule has 4 nitrogen and oxygen atoms in total. The van der Waals surface area contributed by atoms with Crippen molar-refractivity contribution in [2.75, 3.05) is 19.4 Å². The second-order valence-electron chi connectivity index (χ2n) is 7.39. The molecule has 2 aliphatic carbocycles. The van der Waals surface area contributed by atoms with Crippen molar-refractivity contribution in [3.8, 4) is 0 Å². The van der Waals surface area contributed by atoms with Crippen LogP contribution >= 0.6 is 11.3 Å². The SMILES string of the molecule is C[C@H]1CCc2sc3ncnc(NC4CCC(N(C)C)CC4)c3c21. The van der Waals surface area contributed by atoms with Gasteiger partial charge in [-0.2, -0.15) is 0 Å². The molecule has 1 N–H and O–H groups in total. The smallest absolute Gasteiger partial charge is 0.138 e. The third-order valence-corrected chi connectivity index (χ3v) is 6.84. The van der Waals surface area contributed by atoms with Crippen LogP contribution in [0.5, 0.6) is 0 Å². The van der Waals surface area contributed by atoms with Crippen molar-refractivity contribution >= 4 is 27.4 Å². The highest BCUT2D eigenvalue weighted by molar-refractivity contribution is 7.19. The van der Waals surface area contributed by atoms with E-state index < -0.39 is 0 Å². The minimum Gasteiger partial charge on any atom is -0.367 e. The van der Waals surface area contributed by atoms with Crippen molar-refractivity contribution < 1.29 is 0 Å². The van der Waals surface area contributed by atoms with Gasteiger partial charge in [-0.25, -0.2) is 9.97 Å². The predicted molar refractivity (Wildman–Crippen MR) is 97.5 cm³/mol. The lowest BCUT2D eigenvalue weighted by Crippen LogP contribution is -2.36. The van der Waals surface area contributed by atoms with Gasteiger partial charge in [-0.3, -0.25) is 0 Å². The molecule has 1 fully saturated rings. The Kier molecular flexibility index (Phi) is 4.01. The van der Waals surface area contributed by atoms with Crippen LogP contribution in [-0.2, 0) is 6.42 Å². The second-order valence-corrected chi connectivity index (χ2v) is 8.48. The number of thiophene rings is 1. The number of nitrogens with one attached hydrogen (secondary N) is 1. The number of nitrogens with zero attached hydrogens (tertiary/aromatic N) is 3. The fraction of sp³-hybridized carbons (Fsp3) is 0.667. The van der Waals surface area contributed by atoms with Crippen molar-refractivity contribution in [1.82, 2.24) is 14.9 Å². The van der Waals surface area contributed by atoms with Gasteiger partial charge in [0.15, 0.2) is 0 Å². The number of hydrogen-bond donors (Lipinski definition) is 1. The maximum atomic E-state index is 4.61. The van der Waals surface area contributed by atoms with Gasteiger partial charge < -0.3 is 10.2 Å². The molecule has 124 valence electrons. The summed E-state index contributed by atoms with van der Waals surface area (Å²) in [6, 6.07) is 1.29. The van der Waals surface area contributed by atoms with E-state index in [1.807, 2.05) is 11.3 Å². The Labute approximate surface area is 142 Å². The maximum Gasteiger partial charge on any atom is 0.138 e. The van der Waals surface area contributed by atoms with Gasteiger partial charge in [0, 0.05) is 17.0 Å². The molecular formula is C18H26N4S. The largest absolute Gasteiger partial charge is 0.367 e. The molecule has 1 atom stereocenters. The molecule has 0 aliphatic heterocycles. The molecular weight excluding hydrogens is 304 g/mol. The van der Waals surface area contributed by atoms with Crippen molar-refractivity contribution in [2.24, 2.45) is 0 Å². The summed E-state index contributed by atoms with van der Waals surface area (Å²) in [7, 11) is 4.39. The number of anilines is 1. The zero-order valence-electron chi connectivity index (χ0n) is 14.3. The number of fused-ring (bicyclic) bond motifs is 3. The number of aryl methyl sites for hydroxylation is 1. The molecule has 2 aromatic rings.